The van der Waals surface area contributed by atoms with Crippen LogP contribution in [0.4, 0.5) is 0 Å². The molecule has 0 aromatic rings. The molecule has 0 aliphatic rings. The normalized spacial score (nSPS) is 15.6. The molecule has 0 atom stereocenters. The van der Waals surface area contributed by atoms with Gasteiger partial charge in [-0.3, -0.25) is 0 Å². The molecule has 0 amide bonds. The predicted octanol–water partition coefficient (Wildman–Crippen LogP) is 3.57. The molecule has 0 unspecified atom stereocenters. The molecule has 0 bridgehead atoms. The first-order valence-corrected chi connectivity index (χ1v) is 8.17. The van der Waals surface area contributed by atoms with Crippen molar-refractivity contribution in [1.82, 2.24) is 0 Å². The zero-order chi connectivity index (χ0) is 9.69. The first-order valence-electron chi connectivity index (χ1n) is 5.27. The van der Waals surface area contributed by atoms with Crippen molar-refractivity contribution in [1.29, 1.82) is 0 Å². The van der Waals surface area contributed by atoms with E-state index >= 15 is 0 Å². The Morgan fingerprint density at radius 2 is 1.08 bits per heavy atom. The van der Waals surface area contributed by atoms with E-state index in [4.69, 9.17) is 4.52 Å². The van der Waals surface area contributed by atoms with Gasteiger partial charge in [-0.2, -0.15) is 0 Å². The molecule has 0 saturated carbocycles. The third-order valence-electron chi connectivity index (χ3n) is 3.69. The van der Waals surface area contributed by atoms with Crippen LogP contribution in [0.15, 0.2) is 0 Å². The first-order chi connectivity index (χ1) is 5.62. The zero-order valence-electron chi connectivity index (χ0n) is 9.39. The second-order valence-corrected chi connectivity index (χ2v) is 10.0. The van der Waals surface area contributed by atoms with Crippen molar-refractivity contribution < 1.29 is 4.52 Å². The quantitative estimate of drug-likeness (QED) is 0.584. The molecule has 0 N–H and O–H groups in total. The molecule has 0 spiro atoms. The summed E-state index contributed by atoms with van der Waals surface area (Å²) in [5.74, 6) is 0. The molecule has 0 heterocycles. The summed E-state index contributed by atoms with van der Waals surface area (Å²) in [7, 11) is 0. The van der Waals surface area contributed by atoms with Crippen molar-refractivity contribution in [2.45, 2.75) is 34.6 Å². The van der Waals surface area contributed by atoms with Crippen LogP contribution >= 0.6 is 6.83 Å². The van der Waals surface area contributed by atoms with Crippen LogP contribution in [0.5, 0.6) is 0 Å². The summed E-state index contributed by atoms with van der Waals surface area (Å²) in [5, 5.41) is 0. The van der Waals surface area contributed by atoms with Gasteiger partial charge < -0.3 is 0 Å². The van der Waals surface area contributed by atoms with Crippen molar-refractivity contribution in [2.24, 2.45) is 0 Å². The number of rotatable bonds is 6. The molecule has 0 aromatic heterocycles. The van der Waals surface area contributed by atoms with Crippen molar-refractivity contribution >= 4 is 6.83 Å². The van der Waals surface area contributed by atoms with Crippen LogP contribution in [-0.4, -0.2) is 31.3 Å². The van der Waals surface area contributed by atoms with Gasteiger partial charge in [0.2, 0.25) is 0 Å². The number of hydrogen-bond acceptors (Lipinski definition) is 1. The van der Waals surface area contributed by atoms with E-state index in [2.05, 4.69) is 34.6 Å². The standard InChI is InChI=1S/C10H25OP/c1-6-11-12(7-2,8-3,9-4)10-5/h6-10H2,1-5H3. The minimum atomic E-state index is -1.71. The van der Waals surface area contributed by atoms with Crippen molar-refractivity contribution in [2.75, 3.05) is 31.3 Å². The van der Waals surface area contributed by atoms with E-state index in [1.807, 2.05) is 0 Å². The first kappa shape index (κ1) is 12.4. The molecule has 0 fully saturated rings. The fraction of sp³-hybridized carbons (Fsp3) is 1.00. The molecule has 0 aromatic carbocycles. The van der Waals surface area contributed by atoms with E-state index in [1.165, 1.54) is 24.6 Å². The Hall–Kier alpha value is 0.390. The monoisotopic (exact) mass is 192 g/mol. The predicted molar refractivity (Wildman–Crippen MR) is 60.7 cm³/mol. The van der Waals surface area contributed by atoms with Crippen LogP contribution in [0.2, 0.25) is 0 Å². The fourth-order valence-corrected chi connectivity index (χ4v) is 6.22. The van der Waals surface area contributed by atoms with Gasteiger partial charge in [0.25, 0.3) is 0 Å². The summed E-state index contributed by atoms with van der Waals surface area (Å²) in [4.78, 5) is 0. The van der Waals surface area contributed by atoms with Gasteiger partial charge in [-0.05, 0) is 0 Å². The van der Waals surface area contributed by atoms with Gasteiger partial charge in [0.15, 0.2) is 0 Å². The SMILES string of the molecule is CCOP(CC)(CC)(CC)CC. The molecule has 0 rings (SSSR count). The fourth-order valence-electron chi connectivity index (χ4n) is 2.07. The summed E-state index contributed by atoms with van der Waals surface area (Å²) in [6.07, 6.45) is 5.01. The molecule has 2 heteroatoms. The van der Waals surface area contributed by atoms with Crippen LogP contribution in [0.25, 0.3) is 0 Å². The van der Waals surface area contributed by atoms with Gasteiger partial charge in [0.1, 0.15) is 0 Å². The van der Waals surface area contributed by atoms with Gasteiger partial charge in [-0.1, -0.05) is 0 Å². The average Bonchev–Trinajstić information content (AvgIpc) is 2.16. The van der Waals surface area contributed by atoms with E-state index in [0.29, 0.717) is 0 Å². The second kappa shape index (κ2) is 4.58. The van der Waals surface area contributed by atoms with Gasteiger partial charge >= 0.3 is 77.2 Å². The molecule has 76 valence electrons. The van der Waals surface area contributed by atoms with Gasteiger partial charge in [0.05, 0.1) is 0 Å². The Kier molecular flexibility index (Phi) is 4.73. The number of hydrogen-bond donors (Lipinski definition) is 0. The molecule has 12 heavy (non-hydrogen) atoms. The van der Waals surface area contributed by atoms with Crippen LogP contribution in [0.1, 0.15) is 34.6 Å². The topological polar surface area (TPSA) is 9.23 Å². The van der Waals surface area contributed by atoms with E-state index in [9.17, 15) is 0 Å². The molecule has 0 aliphatic carbocycles. The van der Waals surface area contributed by atoms with Crippen molar-refractivity contribution in [3.63, 3.8) is 0 Å². The Labute approximate surface area is 77.9 Å². The summed E-state index contributed by atoms with van der Waals surface area (Å²) >= 11 is 0. The van der Waals surface area contributed by atoms with Crippen molar-refractivity contribution in [3.8, 4) is 0 Å². The molecule has 0 saturated heterocycles. The maximum absolute atomic E-state index is 6.14. The molecule has 0 radical (unpaired) electrons. The summed E-state index contributed by atoms with van der Waals surface area (Å²) in [6.45, 7) is 10.5. The van der Waals surface area contributed by atoms with Gasteiger partial charge in [0, 0.05) is 0 Å². The van der Waals surface area contributed by atoms with Crippen LogP contribution in [0.3, 0.4) is 0 Å². The van der Waals surface area contributed by atoms with Gasteiger partial charge in [-0.15, -0.1) is 0 Å². The van der Waals surface area contributed by atoms with E-state index < -0.39 is 6.83 Å². The molecular weight excluding hydrogens is 167 g/mol. The Morgan fingerprint density at radius 1 is 0.750 bits per heavy atom. The zero-order valence-corrected chi connectivity index (χ0v) is 10.3. The maximum atomic E-state index is 6.14. The Balaban J connectivity index is 4.70. The summed E-state index contributed by atoms with van der Waals surface area (Å²) in [6, 6.07) is 0. The van der Waals surface area contributed by atoms with E-state index in [1.54, 1.807) is 0 Å². The van der Waals surface area contributed by atoms with Crippen LogP contribution in [-0.2, 0) is 4.52 Å². The average molecular weight is 192 g/mol. The minimum absolute atomic E-state index is 0.890. The second-order valence-electron chi connectivity index (χ2n) is 3.54. The van der Waals surface area contributed by atoms with Crippen LogP contribution in [0, 0.1) is 0 Å². The Morgan fingerprint density at radius 3 is 1.17 bits per heavy atom. The molecular formula is C10H25OP. The Bertz CT molecular complexity index is 106. The van der Waals surface area contributed by atoms with Crippen LogP contribution < -0.4 is 0 Å². The third kappa shape index (κ3) is 2.00. The van der Waals surface area contributed by atoms with E-state index in [0.717, 1.165) is 6.61 Å². The molecule has 1 nitrogen and oxygen atoms in total. The van der Waals surface area contributed by atoms with E-state index in [-0.39, 0.29) is 0 Å². The third-order valence-corrected chi connectivity index (χ3v) is 11.1. The van der Waals surface area contributed by atoms with Crippen molar-refractivity contribution in [3.05, 3.63) is 0 Å². The summed E-state index contributed by atoms with van der Waals surface area (Å²) < 4.78 is 6.14. The van der Waals surface area contributed by atoms with Gasteiger partial charge in [-0.25, -0.2) is 0 Å². The summed E-state index contributed by atoms with van der Waals surface area (Å²) in [5.41, 5.74) is 0. The molecule has 0 aliphatic heterocycles.